The van der Waals surface area contributed by atoms with Gasteiger partial charge < -0.3 is 9.64 Å². The average Bonchev–Trinajstić information content (AvgIpc) is 2.59. The van der Waals surface area contributed by atoms with Gasteiger partial charge >= 0.3 is 0 Å². The number of likely N-dealkylation sites (tertiary alicyclic amines) is 1. The molecule has 0 aromatic heterocycles. The van der Waals surface area contributed by atoms with Crippen LogP contribution < -0.4 is 0 Å². The number of hydrogen-bond donors (Lipinski definition) is 0. The molecule has 2 aliphatic rings. The number of hydrogen-bond acceptors (Lipinski definition) is 4. The summed E-state index contributed by atoms with van der Waals surface area (Å²) in [6.45, 7) is 2.53. The zero-order valence-corrected chi connectivity index (χ0v) is 11.0. The SMILES string of the molecule is COCC(=O)N1CC2(CCN(S(C)(=O)=O)C2)C1. The minimum Gasteiger partial charge on any atom is -0.375 e. The predicted molar refractivity (Wildman–Crippen MR) is 61.9 cm³/mol. The molecule has 2 heterocycles. The predicted octanol–water partition coefficient (Wildman–Crippen LogP) is -0.873. The maximum Gasteiger partial charge on any atom is 0.248 e. The maximum absolute atomic E-state index is 11.5. The van der Waals surface area contributed by atoms with Gasteiger partial charge in [-0.2, -0.15) is 0 Å². The third-order valence-corrected chi connectivity index (χ3v) is 4.80. The third-order valence-electron chi connectivity index (χ3n) is 3.55. The van der Waals surface area contributed by atoms with E-state index in [1.807, 2.05) is 0 Å². The van der Waals surface area contributed by atoms with E-state index >= 15 is 0 Å². The zero-order valence-electron chi connectivity index (χ0n) is 10.2. The molecule has 0 aliphatic carbocycles. The van der Waals surface area contributed by atoms with Crippen LogP contribution in [0.1, 0.15) is 6.42 Å². The van der Waals surface area contributed by atoms with Gasteiger partial charge in [0.2, 0.25) is 15.9 Å². The Balaban J connectivity index is 1.89. The van der Waals surface area contributed by atoms with Gasteiger partial charge in [-0.25, -0.2) is 12.7 Å². The van der Waals surface area contributed by atoms with Crippen LogP contribution in [0.15, 0.2) is 0 Å². The van der Waals surface area contributed by atoms with Gasteiger partial charge in [-0.15, -0.1) is 0 Å². The number of methoxy groups -OCH3 is 1. The number of sulfonamides is 1. The molecule has 7 heteroatoms. The summed E-state index contributed by atoms with van der Waals surface area (Å²) in [5, 5.41) is 0. The van der Waals surface area contributed by atoms with Crippen molar-refractivity contribution in [2.45, 2.75) is 6.42 Å². The van der Waals surface area contributed by atoms with Crippen LogP contribution in [0.3, 0.4) is 0 Å². The summed E-state index contributed by atoms with van der Waals surface area (Å²) < 4.78 is 29.1. The summed E-state index contributed by atoms with van der Waals surface area (Å²) in [5.41, 5.74) is -0.00746. The fourth-order valence-corrected chi connectivity index (χ4v) is 3.52. The van der Waals surface area contributed by atoms with Crippen LogP contribution in [0.2, 0.25) is 0 Å². The molecule has 98 valence electrons. The summed E-state index contributed by atoms with van der Waals surface area (Å²) in [4.78, 5) is 13.2. The first-order valence-electron chi connectivity index (χ1n) is 5.58. The lowest BCUT2D eigenvalue weighted by molar-refractivity contribution is -0.146. The molecule has 0 saturated carbocycles. The molecule has 1 spiro atoms. The minimum atomic E-state index is -3.09. The number of ether oxygens (including phenoxy) is 1. The molecule has 2 rings (SSSR count). The van der Waals surface area contributed by atoms with Crippen LogP contribution in [0.25, 0.3) is 0 Å². The number of nitrogens with zero attached hydrogens (tertiary/aromatic N) is 2. The average molecular weight is 262 g/mol. The first kappa shape index (κ1) is 12.8. The Bertz CT molecular complexity index is 414. The van der Waals surface area contributed by atoms with Crippen molar-refractivity contribution in [3.05, 3.63) is 0 Å². The Morgan fingerprint density at radius 1 is 1.35 bits per heavy atom. The van der Waals surface area contributed by atoms with Crippen molar-refractivity contribution in [2.24, 2.45) is 5.41 Å². The summed E-state index contributed by atoms with van der Waals surface area (Å²) >= 11 is 0. The largest absolute Gasteiger partial charge is 0.375 e. The molecule has 17 heavy (non-hydrogen) atoms. The van der Waals surface area contributed by atoms with Gasteiger partial charge in [0.15, 0.2) is 0 Å². The second kappa shape index (κ2) is 4.22. The van der Waals surface area contributed by atoms with Crippen molar-refractivity contribution in [1.82, 2.24) is 9.21 Å². The zero-order chi connectivity index (χ0) is 12.7. The van der Waals surface area contributed by atoms with Gasteiger partial charge in [0, 0.05) is 38.7 Å². The van der Waals surface area contributed by atoms with Crippen molar-refractivity contribution in [3.8, 4) is 0 Å². The van der Waals surface area contributed by atoms with E-state index < -0.39 is 10.0 Å². The van der Waals surface area contributed by atoms with Gasteiger partial charge in [0.05, 0.1) is 6.26 Å². The Hall–Kier alpha value is -0.660. The van der Waals surface area contributed by atoms with Crippen molar-refractivity contribution in [1.29, 1.82) is 0 Å². The lowest BCUT2D eigenvalue weighted by Gasteiger charge is -2.47. The Morgan fingerprint density at radius 3 is 2.47 bits per heavy atom. The lowest BCUT2D eigenvalue weighted by Crippen LogP contribution is -2.60. The molecular formula is C10H18N2O4S. The van der Waals surface area contributed by atoms with Gasteiger partial charge in [-0.1, -0.05) is 0 Å². The topological polar surface area (TPSA) is 66.9 Å². The first-order valence-corrected chi connectivity index (χ1v) is 7.43. The fraction of sp³-hybridized carbons (Fsp3) is 0.900. The highest BCUT2D eigenvalue weighted by Gasteiger charge is 2.50. The summed E-state index contributed by atoms with van der Waals surface area (Å²) in [7, 11) is -1.60. The van der Waals surface area contributed by atoms with Crippen LogP contribution >= 0.6 is 0 Å². The highest BCUT2D eigenvalue weighted by atomic mass is 32.2. The molecule has 0 unspecified atom stereocenters. The van der Waals surface area contributed by atoms with Crippen LogP contribution in [0.5, 0.6) is 0 Å². The van der Waals surface area contributed by atoms with E-state index in [9.17, 15) is 13.2 Å². The third kappa shape index (κ3) is 2.46. The van der Waals surface area contributed by atoms with Crippen LogP contribution in [0.4, 0.5) is 0 Å². The number of rotatable bonds is 3. The van der Waals surface area contributed by atoms with Crippen LogP contribution in [-0.4, -0.2) is 69.7 Å². The van der Waals surface area contributed by atoms with E-state index in [2.05, 4.69) is 0 Å². The highest BCUT2D eigenvalue weighted by Crippen LogP contribution is 2.40. The maximum atomic E-state index is 11.5. The van der Waals surface area contributed by atoms with Crippen molar-refractivity contribution in [2.75, 3.05) is 46.2 Å². The molecule has 0 N–H and O–H groups in total. The molecule has 2 fully saturated rings. The number of carbonyl (C=O) groups excluding carboxylic acids is 1. The standard InChI is InChI=1S/C10H18N2O4S/c1-16-5-9(13)11-6-10(7-11)3-4-12(8-10)17(2,14)15/h3-8H2,1-2H3. The van der Waals surface area contributed by atoms with Crippen molar-refractivity contribution >= 4 is 15.9 Å². The summed E-state index contributed by atoms with van der Waals surface area (Å²) in [6.07, 6.45) is 2.08. The van der Waals surface area contributed by atoms with Crippen molar-refractivity contribution < 1.29 is 17.9 Å². The van der Waals surface area contributed by atoms with E-state index in [1.54, 1.807) is 4.90 Å². The molecule has 6 nitrogen and oxygen atoms in total. The van der Waals surface area contributed by atoms with E-state index in [1.165, 1.54) is 17.7 Å². The normalized spacial score (nSPS) is 24.0. The Morgan fingerprint density at radius 2 is 2.00 bits per heavy atom. The van der Waals surface area contributed by atoms with E-state index in [4.69, 9.17) is 4.74 Å². The van der Waals surface area contributed by atoms with Crippen molar-refractivity contribution in [3.63, 3.8) is 0 Å². The number of carbonyl (C=O) groups is 1. The van der Waals surface area contributed by atoms with Gasteiger partial charge in [-0.3, -0.25) is 4.79 Å². The molecule has 0 aromatic carbocycles. The van der Waals surface area contributed by atoms with Gasteiger partial charge in [-0.05, 0) is 6.42 Å². The molecule has 0 bridgehead atoms. The number of amides is 1. The van der Waals surface area contributed by atoms with E-state index in [-0.39, 0.29) is 17.9 Å². The molecule has 2 saturated heterocycles. The lowest BCUT2D eigenvalue weighted by atomic mass is 9.79. The summed E-state index contributed by atoms with van der Waals surface area (Å²) in [5.74, 6) is -0.0177. The van der Waals surface area contributed by atoms with Crippen LogP contribution in [0, 0.1) is 5.41 Å². The first-order chi connectivity index (χ1) is 7.86. The Labute approximate surface area is 102 Å². The molecular weight excluding hydrogens is 244 g/mol. The van der Waals surface area contributed by atoms with E-state index in [0.29, 0.717) is 26.2 Å². The molecule has 1 amide bonds. The molecule has 0 radical (unpaired) electrons. The quantitative estimate of drug-likeness (QED) is 0.663. The second-order valence-corrected chi connectivity index (χ2v) is 7.01. The van der Waals surface area contributed by atoms with Gasteiger partial charge in [0.25, 0.3) is 0 Å². The highest BCUT2D eigenvalue weighted by molar-refractivity contribution is 7.88. The monoisotopic (exact) mass is 262 g/mol. The Kier molecular flexibility index (Phi) is 3.17. The minimum absolute atomic E-state index is 0.00746. The second-order valence-electron chi connectivity index (χ2n) is 5.03. The fourth-order valence-electron chi connectivity index (χ4n) is 2.59. The molecule has 2 aliphatic heterocycles. The van der Waals surface area contributed by atoms with E-state index in [0.717, 1.165) is 6.42 Å². The smallest absolute Gasteiger partial charge is 0.248 e. The van der Waals surface area contributed by atoms with Crippen LogP contribution in [-0.2, 0) is 19.6 Å². The molecule has 0 aromatic rings. The van der Waals surface area contributed by atoms with Gasteiger partial charge in [0.1, 0.15) is 6.61 Å². The summed E-state index contributed by atoms with van der Waals surface area (Å²) in [6, 6.07) is 0. The molecule has 0 atom stereocenters.